The van der Waals surface area contributed by atoms with Crippen molar-refractivity contribution in [1.29, 1.82) is 0 Å². The van der Waals surface area contributed by atoms with Gasteiger partial charge >= 0.3 is 6.09 Å². The number of unbranched alkanes of at least 4 members (excludes halogenated alkanes) is 1. The van der Waals surface area contributed by atoms with Gasteiger partial charge in [-0.15, -0.1) is 0 Å². The van der Waals surface area contributed by atoms with Crippen molar-refractivity contribution >= 4 is 17.9 Å². The van der Waals surface area contributed by atoms with E-state index >= 15 is 0 Å². The summed E-state index contributed by atoms with van der Waals surface area (Å²) in [6, 6.07) is -1.27. The van der Waals surface area contributed by atoms with Crippen LogP contribution in [-0.4, -0.2) is 47.0 Å². The van der Waals surface area contributed by atoms with Crippen molar-refractivity contribution in [2.45, 2.75) is 77.5 Å². The highest BCUT2D eigenvalue weighted by Crippen LogP contribution is 2.19. The maximum absolute atomic E-state index is 12.7. The van der Waals surface area contributed by atoms with Crippen LogP contribution in [0, 0.1) is 0 Å². The van der Waals surface area contributed by atoms with E-state index in [-0.39, 0.29) is 5.91 Å². The molecule has 0 spiro atoms. The van der Waals surface area contributed by atoms with E-state index in [0.29, 0.717) is 19.4 Å². The zero-order chi connectivity index (χ0) is 17.6. The molecule has 0 aliphatic carbocycles. The molecule has 1 aliphatic rings. The van der Waals surface area contributed by atoms with Crippen molar-refractivity contribution in [3.05, 3.63) is 0 Å². The first-order valence-electron chi connectivity index (χ1n) is 8.25. The molecule has 7 heteroatoms. The van der Waals surface area contributed by atoms with Gasteiger partial charge in [-0.3, -0.25) is 9.59 Å². The summed E-state index contributed by atoms with van der Waals surface area (Å²) in [5, 5.41) is 2.64. The van der Waals surface area contributed by atoms with Crippen molar-refractivity contribution in [2.24, 2.45) is 5.73 Å². The summed E-state index contributed by atoms with van der Waals surface area (Å²) in [7, 11) is 0. The Balaban J connectivity index is 2.78. The Hall–Kier alpha value is -1.79. The lowest BCUT2D eigenvalue weighted by Crippen LogP contribution is -2.53. The molecule has 1 fully saturated rings. The molecule has 1 rings (SSSR count). The smallest absolute Gasteiger partial charge is 0.408 e. The number of rotatable bonds is 6. The molecule has 2 atom stereocenters. The number of nitrogens with zero attached hydrogens (tertiary/aromatic N) is 1. The Labute approximate surface area is 137 Å². The van der Waals surface area contributed by atoms with E-state index in [9.17, 15) is 14.4 Å². The average Bonchev–Trinajstić information content (AvgIpc) is 2.90. The van der Waals surface area contributed by atoms with Crippen LogP contribution in [0.25, 0.3) is 0 Å². The van der Waals surface area contributed by atoms with Gasteiger partial charge in [0, 0.05) is 6.54 Å². The standard InChI is InChI=1S/C16H29N3O4/c1-5-6-8-11(18-15(22)23-16(2,3)4)14(21)19-10-7-9-12(19)13(17)20/h11-12H,5-10H2,1-4H3,(H2,17,20)(H,18,22)/t11-,12?/m0/s1. The highest BCUT2D eigenvalue weighted by atomic mass is 16.6. The second-order valence-electron chi connectivity index (χ2n) is 6.93. The summed E-state index contributed by atoms with van der Waals surface area (Å²) in [4.78, 5) is 37.7. The van der Waals surface area contributed by atoms with Gasteiger partial charge in [-0.2, -0.15) is 0 Å². The molecule has 0 aromatic heterocycles. The molecule has 23 heavy (non-hydrogen) atoms. The van der Waals surface area contributed by atoms with Crippen LogP contribution in [-0.2, 0) is 14.3 Å². The molecule has 1 saturated heterocycles. The molecule has 1 heterocycles. The molecule has 132 valence electrons. The zero-order valence-electron chi connectivity index (χ0n) is 14.6. The van der Waals surface area contributed by atoms with E-state index in [4.69, 9.17) is 10.5 Å². The normalized spacial score (nSPS) is 19.3. The molecule has 0 saturated carbocycles. The van der Waals surface area contributed by atoms with Crippen LogP contribution in [0.2, 0.25) is 0 Å². The van der Waals surface area contributed by atoms with Crippen molar-refractivity contribution in [3.8, 4) is 0 Å². The fourth-order valence-corrected chi connectivity index (χ4v) is 2.64. The van der Waals surface area contributed by atoms with Crippen molar-refractivity contribution in [3.63, 3.8) is 0 Å². The largest absolute Gasteiger partial charge is 0.444 e. The van der Waals surface area contributed by atoms with Crippen LogP contribution in [0.1, 0.15) is 59.8 Å². The molecule has 1 unspecified atom stereocenters. The lowest BCUT2D eigenvalue weighted by molar-refractivity contribution is -0.139. The van der Waals surface area contributed by atoms with Crippen LogP contribution >= 0.6 is 0 Å². The molecular weight excluding hydrogens is 298 g/mol. The van der Waals surface area contributed by atoms with Crippen LogP contribution < -0.4 is 11.1 Å². The number of amides is 3. The second-order valence-corrected chi connectivity index (χ2v) is 6.93. The SMILES string of the molecule is CCCC[C@H](NC(=O)OC(C)(C)C)C(=O)N1CCCC1C(N)=O. The number of carbonyl (C=O) groups is 3. The number of ether oxygens (including phenoxy) is 1. The van der Waals surface area contributed by atoms with Gasteiger partial charge in [0.05, 0.1) is 0 Å². The summed E-state index contributed by atoms with van der Waals surface area (Å²) in [5.41, 5.74) is 4.73. The van der Waals surface area contributed by atoms with Crippen molar-refractivity contribution in [2.75, 3.05) is 6.54 Å². The van der Waals surface area contributed by atoms with Gasteiger partial charge in [0.1, 0.15) is 17.7 Å². The quantitative estimate of drug-likeness (QED) is 0.772. The number of hydrogen-bond donors (Lipinski definition) is 2. The first-order chi connectivity index (χ1) is 10.7. The van der Waals surface area contributed by atoms with Crippen molar-refractivity contribution in [1.82, 2.24) is 10.2 Å². The lowest BCUT2D eigenvalue weighted by atomic mass is 10.1. The van der Waals surface area contributed by atoms with E-state index in [2.05, 4.69) is 5.32 Å². The molecule has 0 aromatic rings. The highest BCUT2D eigenvalue weighted by molar-refractivity contribution is 5.91. The number of nitrogens with one attached hydrogen (secondary N) is 1. The molecule has 1 aliphatic heterocycles. The Kier molecular flexibility index (Phi) is 6.84. The first kappa shape index (κ1) is 19.3. The zero-order valence-corrected chi connectivity index (χ0v) is 14.6. The minimum atomic E-state index is -0.690. The molecule has 7 nitrogen and oxygen atoms in total. The third-order valence-corrected chi connectivity index (χ3v) is 3.70. The predicted molar refractivity (Wildman–Crippen MR) is 86.6 cm³/mol. The summed E-state index contributed by atoms with van der Waals surface area (Å²) in [6.07, 6.45) is 2.90. The monoisotopic (exact) mass is 327 g/mol. The molecule has 3 amide bonds. The number of alkyl carbamates (subject to hydrolysis) is 1. The molecule has 3 N–H and O–H groups in total. The molecule has 0 bridgehead atoms. The first-order valence-corrected chi connectivity index (χ1v) is 8.25. The predicted octanol–water partition coefficient (Wildman–Crippen LogP) is 1.55. The Morgan fingerprint density at radius 1 is 1.35 bits per heavy atom. The summed E-state index contributed by atoms with van der Waals surface area (Å²) in [6.45, 7) is 7.79. The summed E-state index contributed by atoms with van der Waals surface area (Å²) >= 11 is 0. The van der Waals surface area contributed by atoms with Gasteiger partial charge in [-0.1, -0.05) is 19.8 Å². The van der Waals surface area contributed by atoms with Gasteiger partial charge in [-0.05, 0) is 40.0 Å². The fraction of sp³-hybridized carbons (Fsp3) is 0.812. The van der Waals surface area contributed by atoms with E-state index < -0.39 is 29.7 Å². The second kappa shape index (κ2) is 8.17. The Morgan fingerprint density at radius 3 is 2.52 bits per heavy atom. The lowest BCUT2D eigenvalue weighted by Gasteiger charge is -2.28. The Morgan fingerprint density at radius 2 is 2.00 bits per heavy atom. The third kappa shape index (κ3) is 6.08. The van der Waals surface area contributed by atoms with E-state index in [1.807, 2.05) is 6.92 Å². The minimum absolute atomic E-state index is 0.259. The van der Waals surface area contributed by atoms with Gasteiger partial charge in [0.2, 0.25) is 11.8 Å². The fourth-order valence-electron chi connectivity index (χ4n) is 2.64. The van der Waals surface area contributed by atoms with Crippen molar-refractivity contribution < 1.29 is 19.1 Å². The van der Waals surface area contributed by atoms with Crippen LogP contribution in [0.4, 0.5) is 4.79 Å². The van der Waals surface area contributed by atoms with Gasteiger partial charge in [0.15, 0.2) is 0 Å². The van der Waals surface area contributed by atoms with Gasteiger partial charge in [-0.25, -0.2) is 4.79 Å². The molecule has 0 aromatic carbocycles. The maximum Gasteiger partial charge on any atom is 0.408 e. The van der Waals surface area contributed by atoms with Gasteiger partial charge < -0.3 is 20.7 Å². The van der Waals surface area contributed by atoms with E-state index in [0.717, 1.165) is 19.3 Å². The highest BCUT2D eigenvalue weighted by Gasteiger charge is 2.36. The summed E-state index contributed by atoms with van der Waals surface area (Å²) in [5.74, 6) is -0.757. The van der Waals surface area contributed by atoms with Crippen LogP contribution in [0.5, 0.6) is 0 Å². The third-order valence-electron chi connectivity index (χ3n) is 3.70. The summed E-state index contributed by atoms with van der Waals surface area (Å²) < 4.78 is 5.22. The van der Waals surface area contributed by atoms with Crippen LogP contribution in [0.15, 0.2) is 0 Å². The topological polar surface area (TPSA) is 102 Å². The Bertz CT molecular complexity index is 445. The van der Waals surface area contributed by atoms with E-state index in [1.54, 1.807) is 20.8 Å². The van der Waals surface area contributed by atoms with Crippen LogP contribution in [0.3, 0.4) is 0 Å². The van der Waals surface area contributed by atoms with E-state index in [1.165, 1.54) is 4.90 Å². The molecular formula is C16H29N3O4. The molecule has 0 radical (unpaired) electrons. The minimum Gasteiger partial charge on any atom is -0.444 e. The number of likely N-dealkylation sites (tertiary alicyclic amines) is 1. The van der Waals surface area contributed by atoms with Gasteiger partial charge in [0.25, 0.3) is 0 Å². The average molecular weight is 327 g/mol. The number of primary amides is 1. The number of nitrogens with two attached hydrogens (primary N) is 1. The number of hydrogen-bond acceptors (Lipinski definition) is 4. The number of carbonyl (C=O) groups excluding carboxylic acids is 3. The maximum atomic E-state index is 12.7.